The lowest BCUT2D eigenvalue weighted by Crippen LogP contribution is -2.45. The topological polar surface area (TPSA) is 79.9 Å². The fourth-order valence-electron chi connectivity index (χ4n) is 2.42. The lowest BCUT2D eigenvalue weighted by molar-refractivity contribution is -0.136. The summed E-state index contributed by atoms with van der Waals surface area (Å²) in [5, 5.41) is 5.99. The molecule has 0 aliphatic carbocycles. The van der Waals surface area contributed by atoms with Crippen LogP contribution in [-0.2, 0) is 19.1 Å². The van der Waals surface area contributed by atoms with Gasteiger partial charge in [0.1, 0.15) is 6.04 Å². The van der Waals surface area contributed by atoms with Crippen molar-refractivity contribution in [2.45, 2.75) is 32.7 Å². The highest BCUT2D eigenvalue weighted by Gasteiger charge is 2.31. The van der Waals surface area contributed by atoms with Gasteiger partial charge in [-0.15, -0.1) is 0 Å². The van der Waals surface area contributed by atoms with E-state index in [-0.39, 0.29) is 17.9 Å². The molecule has 7 nitrogen and oxygen atoms in total. The molecular weight excluding hydrogens is 286 g/mol. The standard InChI is InChI=1S/C15H29N3O4/c1-3-16-6-9-21-11-12-22-10-7-17-15(20)14-5-4-8-18(14)13(2)19/h14,16H,3-12H2,1-2H3,(H,17,20). The summed E-state index contributed by atoms with van der Waals surface area (Å²) in [6, 6.07) is -0.313. The molecule has 1 aliphatic heterocycles. The van der Waals surface area contributed by atoms with Crippen LogP contribution in [0.15, 0.2) is 0 Å². The van der Waals surface area contributed by atoms with E-state index in [2.05, 4.69) is 17.6 Å². The molecule has 0 radical (unpaired) electrons. The minimum atomic E-state index is -0.313. The van der Waals surface area contributed by atoms with Gasteiger partial charge in [-0.3, -0.25) is 9.59 Å². The van der Waals surface area contributed by atoms with Gasteiger partial charge in [0, 0.05) is 26.6 Å². The maximum atomic E-state index is 12.0. The van der Waals surface area contributed by atoms with Gasteiger partial charge in [-0.25, -0.2) is 0 Å². The molecule has 7 heteroatoms. The van der Waals surface area contributed by atoms with Gasteiger partial charge in [-0.05, 0) is 19.4 Å². The second-order valence-corrected chi connectivity index (χ2v) is 5.24. The van der Waals surface area contributed by atoms with Crippen molar-refractivity contribution in [1.29, 1.82) is 0 Å². The van der Waals surface area contributed by atoms with Crippen molar-refractivity contribution >= 4 is 11.8 Å². The Hall–Kier alpha value is -1.18. The number of carbonyl (C=O) groups is 2. The third kappa shape index (κ3) is 7.20. The van der Waals surface area contributed by atoms with Crippen molar-refractivity contribution in [3.8, 4) is 0 Å². The molecule has 1 rings (SSSR count). The first-order chi connectivity index (χ1) is 10.7. The lowest BCUT2D eigenvalue weighted by Gasteiger charge is -2.22. The van der Waals surface area contributed by atoms with Crippen LogP contribution in [0.1, 0.15) is 26.7 Å². The van der Waals surface area contributed by atoms with Gasteiger partial charge >= 0.3 is 0 Å². The lowest BCUT2D eigenvalue weighted by atomic mass is 10.2. The summed E-state index contributed by atoms with van der Waals surface area (Å²) in [4.78, 5) is 25.0. The monoisotopic (exact) mass is 315 g/mol. The zero-order chi connectivity index (χ0) is 16.2. The van der Waals surface area contributed by atoms with Gasteiger partial charge < -0.3 is 25.0 Å². The first-order valence-electron chi connectivity index (χ1n) is 8.08. The molecule has 1 fully saturated rings. The third-order valence-electron chi connectivity index (χ3n) is 3.55. The fraction of sp³-hybridized carbons (Fsp3) is 0.867. The highest BCUT2D eigenvalue weighted by molar-refractivity contribution is 5.87. The smallest absolute Gasteiger partial charge is 0.242 e. The molecule has 1 heterocycles. The Morgan fingerprint density at radius 1 is 1.14 bits per heavy atom. The molecule has 0 bridgehead atoms. The molecular formula is C15H29N3O4. The summed E-state index contributed by atoms with van der Waals surface area (Å²) in [7, 11) is 0. The Labute approximate surface area is 132 Å². The number of rotatable bonds is 11. The van der Waals surface area contributed by atoms with E-state index in [0.717, 1.165) is 25.9 Å². The minimum absolute atomic E-state index is 0.0383. The predicted octanol–water partition coefficient (Wildman–Crippen LogP) is -0.244. The SMILES string of the molecule is CCNCCOCCOCCNC(=O)C1CCCN1C(C)=O. The third-order valence-corrected chi connectivity index (χ3v) is 3.55. The molecule has 0 spiro atoms. The quantitative estimate of drug-likeness (QED) is 0.514. The van der Waals surface area contributed by atoms with Crippen molar-refractivity contribution in [3.63, 3.8) is 0 Å². The summed E-state index contributed by atoms with van der Waals surface area (Å²) in [5.41, 5.74) is 0. The van der Waals surface area contributed by atoms with Crippen LogP contribution < -0.4 is 10.6 Å². The van der Waals surface area contributed by atoms with Gasteiger partial charge in [-0.1, -0.05) is 6.92 Å². The van der Waals surface area contributed by atoms with Crippen LogP contribution in [0.5, 0.6) is 0 Å². The molecule has 2 N–H and O–H groups in total. The molecule has 0 aromatic carbocycles. The van der Waals surface area contributed by atoms with Gasteiger partial charge in [0.15, 0.2) is 0 Å². The Balaban J connectivity index is 1.98. The number of likely N-dealkylation sites (tertiary alicyclic amines) is 1. The van der Waals surface area contributed by atoms with Crippen molar-refractivity contribution in [1.82, 2.24) is 15.5 Å². The number of hydrogen-bond acceptors (Lipinski definition) is 5. The largest absolute Gasteiger partial charge is 0.378 e. The molecule has 1 aliphatic rings. The van der Waals surface area contributed by atoms with Crippen LogP contribution in [0.4, 0.5) is 0 Å². The minimum Gasteiger partial charge on any atom is -0.378 e. The van der Waals surface area contributed by atoms with Crippen LogP contribution >= 0.6 is 0 Å². The average molecular weight is 315 g/mol. The average Bonchev–Trinajstić information content (AvgIpc) is 2.99. The van der Waals surface area contributed by atoms with Crippen molar-refractivity contribution < 1.29 is 19.1 Å². The van der Waals surface area contributed by atoms with Gasteiger partial charge in [0.05, 0.1) is 26.4 Å². The maximum Gasteiger partial charge on any atom is 0.242 e. The molecule has 1 saturated heterocycles. The summed E-state index contributed by atoms with van der Waals surface area (Å²) in [6.45, 7) is 8.69. The van der Waals surface area contributed by atoms with E-state index in [0.29, 0.717) is 39.5 Å². The molecule has 0 aromatic heterocycles. The molecule has 1 unspecified atom stereocenters. The number of carbonyl (C=O) groups excluding carboxylic acids is 2. The molecule has 1 atom stereocenters. The number of likely N-dealkylation sites (N-methyl/N-ethyl adjacent to an activating group) is 1. The van der Waals surface area contributed by atoms with Crippen LogP contribution in [-0.4, -0.2) is 75.4 Å². The van der Waals surface area contributed by atoms with E-state index >= 15 is 0 Å². The molecule has 0 aromatic rings. The van der Waals surface area contributed by atoms with E-state index in [1.165, 1.54) is 6.92 Å². The summed E-state index contributed by atoms with van der Waals surface area (Å²) >= 11 is 0. The Bertz CT molecular complexity index is 339. The van der Waals surface area contributed by atoms with Crippen LogP contribution in [0.2, 0.25) is 0 Å². The summed E-state index contributed by atoms with van der Waals surface area (Å²) in [5.74, 6) is -0.123. The van der Waals surface area contributed by atoms with E-state index < -0.39 is 0 Å². The van der Waals surface area contributed by atoms with Crippen LogP contribution in [0.25, 0.3) is 0 Å². The fourth-order valence-corrected chi connectivity index (χ4v) is 2.42. The van der Waals surface area contributed by atoms with E-state index in [4.69, 9.17) is 9.47 Å². The number of amides is 2. The highest BCUT2D eigenvalue weighted by Crippen LogP contribution is 2.17. The number of nitrogens with one attached hydrogen (secondary N) is 2. The Morgan fingerprint density at radius 2 is 1.82 bits per heavy atom. The molecule has 2 amide bonds. The second-order valence-electron chi connectivity index (χ2n) is 5.24. The van der Waals surface area contributed by atoms with E-state index in [9.17, 15) is 9.59 Å². The molecule has 0 saturated carbocycles. The second kappa shape index (κ2) is 11.4. The van der Waals surface area contributed by atoms with E-state index in [1.54, 1.807) is 4.90 Å². The van der Waals surface area contributed by atoms with Crippen molar-refractivity contribution in [2.24, 2.45) is 0 Å². The Morgan fingerprint density at radius 3 is 2.45 bits per heavy atom. The van der Waals surface area contributed by atoms with Crippen LogP contribution in [0.3, 0.4) is 0 Å². The number of hydrogen-bond donors (Lipinski definition) is 2. The molecule has 22 heavy (non-hydrogen) atoms. The molecule has 128 valence electrons. The summed E-state index contributed by atoms with van der Waals surface area (Å²) in [6.07, 6.45) is 1.63. The van der Waals surface area contributed by atoms with Gasteiger partial charge in [-0.2, -0.15) is 0 Å². The van der Waals surface area contributed by atoms with Crippen molar-refractivity contribution in [3.05, 3.63) is 0 Å². The zero-order valence-corrected chi connectivity index (χ0v) is 13.7. The number of nitrogens with zero attached hydrogens (tertiary/aromatic N) is 1. The van der Waals surface area contributed by atoms with Crippen LogP contribution in [0, 0.1) is 0 Å². The first-order valence-corrected chi connectivity index (χ1v) is 8.08. The highest BCUT2D eigenvalue weighted by atomic mass is 16.5. The number of ether oxygens (including phenoxy) is 2. The Kier molecular flexibility index (Phi) is 9.77. The van der Waals surface area contributed by atoms with Crippen molar-refractivity contribution in [2.75, 3.05) is 52.6 Å². The van der Waals surface area contributed by atoms with E-state index in [1.807, 2.05) is 0 Å². The first kappa shape index (κ1) is 18.9. The maximum absolute atomic E-state index is 12.0. The zero-order valence-electron chi connectivity index (χ0n) is 13.7. The normalized spacial score (nSPS) is 17.7. The van der Waals surface area contributed by atoms with Gasteiger partial charge in [0.2, 0.25) is 11.8 Å². The van der Waals surface area contributed by atoms with Gasteiger partial charge in [0.25, 0.3) is 0 Å². The predicted molar refractivity (Wildman–Crippen MR) is 83.6 cm³/mol. The summed E-state index contributed by atoms with van der Waals surface area (Å²) < 4.78 is 10.8.